The van der Waals surface area contributed by atoms with Gasteiger partial charge in [0.2, 0.25) is 0 Å². The van der Waals surface area contributed by atoms with E-state index >= 15 is 0 Å². The van der Waals surface area contributed by atoms with Crippen LogP contribution in [0.15, 0.2) is 0 Å². The molecule has 1 unspecified atom stereocenters. The third kappa shape index (κ3) is 3.13. The Balaban J connectivity index is 1.70. The molecule has 2 N–H and O–H groups in total. The van der Waals surface area contributed by atoms with E-state index in [0.29, 0.717) is 10.9 Å². The fourth-order valence-corrected chi connectivity index (χ4v) is 2.30. The van der Waals surface area contributed by atoms with E-state index in [1.807, 2.05) is 0 Å². The van der Waals surface area contributed by atoms with E-state index in [1.165, 1.54) is 39.0 Å². The van der Waals surface area contributed by atoms with Gasteiger partial charge in [0.15, 0.2) is 0 Å². The highest BCUT2D eigenvalue weighted by atomic mass is 32.1. The molecule has 86 valence electrons. The van der Waals surface area contributed by atoms with Gasteiger partial charge in [-0.05, 0) is 12.8 Å². The quantitative estimate of drug-likeness (QED) is 0.716. The van der Waals surface area contributed by atoms with Crippen molar-refractivity contribution in [3.63, 3.8) is 0 Å². The lowest BCUT2D eigenvalue weighted by Gasteiger charge is -2.35. The minimum Gasteiger partial charge on any atom is -0.393 e. The van der Waals surface area contributed by atoms with Crippen LogP contribution in [-0.2, 0) is 0 Å². The molecule has 0 radical (unpaired) electrons. The predicted octanol–water partition coefficient (Wildman–Crippen LogP) is 0.689. The molecule has 2 rings (SSSR count). The maximum atomic E-state index is 5.63. The van der Waals surface area contributed by atoms with Crippen molar-refractivity contribution >= 4 is 17.2 Å². The third-order valence-corrected chi connectivity index (χ3v) is 3.89. The van der Waals surface area contributed by atoms with Crippen molar-refractivity contribution in [2.24, 2.45) is 11.7 Å². The second-order valence-electron chi connectivity index (χ2n) is 4.87. The Bertz CT molecular complexity index is 232. The molecule has 0 aromatic carbocycles. The zero-order chi connectivity index (χ0) is 10.8. The lowest BCUT2D eigenvalue weighted by atomic mass is 10.1. The molecule has 4 heteroatoms. The monoisotopic (exact) mass is 227 g/mol. The van der Waals surface area contributed by atoms with Gasteiger partial charge >= 0.3 is 0 Å². The zero-order valence-corrected chi connectivity index (χ0v) is 10.3. The molecule has 0 spiro atoms. The summed E-state index contributed by atoms with van der Waals surface area (Å²) in [6.07, 6.45) is 2.84. The summed E-state index contributed by atoms with van der Waals surface area (Å²) in [5, 5.41) is 0. The average molecular weight is 227 g/mol. The molecule has 1 atom stereocenters. The Morgan fingerprint density at radius 1 is 1.33 bits per heavy atom. The summed E-state index contributed by atoms with van der Waals surface area (Å²) in [6, 6.07) is 0.917. The summed E-state index contributed by atoms with van der Waals surface area (Å²) in [5.74, 6) is 0.354. The summed E-state index contributed by atoms with van der Waals surface area (Å²) >= 11 is 5.00. The van der Waals surface area contributed by atoms with Crippen molar-refractivity contribution < 1.29 is 0 Å². The fourth-order valence-electron chi connectivity index (χ4n) is 2.23. The zero-order valence-electron chi connectivity index (χ0n) is 9.48. The van der Waals surface area contributed by atoms with Gasteiger partial charge in [-0.3, -0.25) is 4.90 Å². The van der Waals surface area contributed by atoms with Crippen molar-refractivity contribution in [2.45, 2.75) is 25.8 Å². The highest BCUT2D eigenvalue weighted by Gasteiger charge is 2.31. The second kappa shape index (κ2) is 4.76. The van der Waals surface area contributed by atoms with Crippen LogP contribution in [0, 0.1) is 5.92 Å². The molecule has 0 aromatic rings. The lowest BCUT2D eigenvalue weighted by molar-refractivity contribution is 0.121. The standard InChI is InChI=1S/C11H21N3S/c1-9(11(12)15)8-13-4-6-14(7-5-13)10-2-3-10/h9-10H,2-8H2,1H3,(H2,12,15). The van der Waals surface area contributed by atoms with Gasteiger partial charge in [-0.25, -0.2) is 0 Å². The van der Waals surface area contributed by atoms with E-state index < -0.39 is 0 Å². The first-order chi connectivity index (χ1) is 7.16. The number of nitrogens with zero attached hydrogens (tertiary/aromatic N) is 2. The van der Waals surface area contributed by atoms with Crippen LogP contribution in [0.4, 0.5) is 0 Å². The van der Waals surface area contributed by atoms with Crippen LogP contribution in [0.5, 0.6) is 0 Å². The van der Waals surface area contributed by atoms with Gasteiger partial charge in [0.1, 0.15) is 0 Å². The highest BCUT2D eigenvalue weighted by molar-refractivity contribution is 7.80. The smallest absolute Gasteiger partial charge is 0.0768 e. The Kier molecular flexibility index (Phi) is 3.59. The largest absolute Gasteiger partial charge is 0.393 e. The van der Waals surface area contributed by atoms with Crippen molar-refractivity contribution in [1.29, 1.82) is 0 Å². The summed E-state index contributed by atoms with van der Waals surface area (Å²) in [6.45, 7) is 7.99. The van der Waals surface area contributed by atoms with Crippen LogP contribution in [0.3, 0.4) is 0 Å². The maximum absolute atomic E-state index is 5.63. The fraction of sp³-hybridized carbons (Fsp3) is 0.909. The Labute approximate surface area is 97.6 Å². The van der Waals surface area contributed by atoms with Crippen LogP contribution >= 0.6 is 12.2 Å². The van der Waals surface area contributed by atoms with Crippen molar-refractivity contribution in [3.05, 3.63) is 0 Å². The third-order valence-electron chi connectivity index (χ3n) is 3.49. The average Bonchev–Trinajstić information content (AvgIpc) is 3.02. The van der Waals surface area contributed by atoms with Gasteiger partial charge in [-0.15, -0.1) is 0 Å². The van der Waals surface area contributed by atoms with Crippen LogP contribution in [-0.4, -0.2) is 53.6 Å². The van der Waals surface area contributed by atoms with E-state index in [-0.39, 0.29) is 0 Å². The van der Waals surface area contributed by atoms with Crippen molar-refractivity contribution in [1.82, 2.24) is 9.80 Å². The molecule has 15 heavy (non-hydrogen) atoms. The minimum absolute atomic E-state index is 0.354. The van der Waals surface area contributed by atoms with E-state index in [9.17, 15) is 0 Å². The molecule has 1 saturated heterocycles. The summed E-state index contributed by atoms with van der Waals surface area (Å²) < 4.78 is 0. The van der Waals surface area contributed by atoms with Crippen molar-refractivity contribution in [2.75, 3.05) is 32.7 Å². The molecule has 0 aromatic heterocycles. The van der Waals surface area contributed by atoms with Gasteiger partial charge in [0.25, 0.3) is 0 Å². The van der Waals surface area contributed by atoms with Gasteiger partial charge < -0.3 is 10.6 Å². The summed E-state index contributed by atoms with van der Waals surface area (Å²) in [7, 11) is 0. The maximum Gasteiger partial charge on any atom is 0.0768 e. The van der Waals surface area contributed by atoms with Crippen molar-refractivity contribution in [3.8, 4) is 0 Å². The van der Waals surface area contributed by atoms with Gasteiger partial charge in [0, 0.05) is 44.7 Å². The summed E-state index contributed by atoms with van der Waals surface area (Å²) in [4.78, 5) is 5.77. The lowest BCUT2D eigenvalue weighted by Crippen LogP contribution is -2.49. The van der Waals surface area contributed by atoms with E-state index in [1.54, 1.807) is 0 Å². The second-order valence-corrected chi connectivity index (χ2v) is 5.34. The Hall–Kier alpha value is -0.190. The number of hydrogen-bond acceptors (Lipinski definition) is 3. The van der Waals surface area contributed by atoms with Gasteiger partial charge in [-0.1, -0.05) is 19.1 Å². The molecule has 0 amide bonds. The first-order valence-electron chi connectivity index (χ1n) is 5.92. The van der Waals surface area contributed by atoms with E-state index in [0.717, 1.165) is 12.6 Å². The van der Waals surface area contributed by atoms with Crippen LogP contribution < -0.4 is 5.73 Å². The molecule has 2 aliphatic rings. The van der Waals surface area contributed by atoms with E-state index in [4.69, 9.17) is 18.0 Å². The molecule has 1 aliphatic heterocycles. The SMILES string of the molecule is CC(CN1CCN(C2CC2)CC1)C(N)=S. The number of rotatable bonds is 4. The Morgan fingerprint density at radius 2 is 1.93 bits per heavy atom. The molecule has 1 saturated carbocycles. The molecule has 1 aliphatic carbocycles. The number of piperazine rings is 1. The molecular weight excluding hydrogens is 206 g/mol. The number of thiocarbonyl (C=S) groups is 1. The molecule has 1 heterocycles. The molecular formula is C11H21N3S. The van der Waals surface area contributed by atoms with Gasteiger partial charge in [0.05, 0.1) is 4.99 Å². The van der Waals surface area contributed by atoms with Crippen LogP contribution in [0.25, 0.3) is 0 Å². The summed E-state index contributed by atoms with van der Waals surface area (Å²) in [5.41, 5.74) is 5.63. The first kappa shape index (κ1) is 11.3. The number of hydrogen-bond donors (Lipinski definition) is 1. The topological polar surface area (TPSA) is 32.5 Å². The predicted molar refractivity (Wildman–Crippen MR) is 67.0 cm³/mol. The highest BCUT2D eigenvalue weighted by Crippen LogP contribution is 2.27. The van der Waals surface area contributed by atoms with E-state index in [2.05, 4.69) is 16.7 Å². The van der Waals surface area contributed by atoms with Crippen LogP contribution in [0.1, 0.15) is 19.8 Å². The Morgan fingerprint density at radius 3 is 2.40 bits per heavy atom. The minimum atomic E-state index is 0.354. The molecule has 3 nitrogen and oxygen atoms in total. The first-order valence-corrected chi connectivity index (χ1v) is 6.33. The van der Waals surface area contributed by atoms with Gasteiger partial charge in [-0.2, -0.15) is 0 Å². The van der Waals surface area contributed by atoms with Crippen LogP contribution in [0.2, 0.25) is 0 Å². The number of nitrogens with two attached hydrogens (primary N) is 1. The molecule has 0 bridgehead atoms. The molecule has 2 fully saturated rings. The normalized spacial score (nSPS) is 26.5.